The monoisotopic (exact) mass is 412 g/mol. The van der Waals surface area contributed by atoms with E-state index in [2.05, 4.69) is 43.5 Å². The maximum Gasteiger partial charge on any atom is 0.222 e. The molecule has 0 radical (unpaired) electrons. The van der Waals surface area contributed by atoms with E-state index in [-0.39, 0.29) is 23.7 Å². The molecular weight excluding hydrogens is 380 g/mol. The van der Waals surface area contributed by atoms with Crippen molar-refractivity contribution in [3.8, 4) is 11.5 Å². The predicted molar refractivity (Wildman–Crippen MR) is 118 cm³/mol. The lowest BCUT2D eigenvalue weighted by molar-refractivity contribution is -0.122. The SMILES string of the molecule is COc1ccc(C(CC(=O)NCCOc2ccc(C(C)(C)C)cc2)NC(C)=O)cc1. The summed E-state index contributed by atoms with van der Waals surface area (Å²) in [6.07, 6.45) is 0.145. The number of hydrogen-bond acceptors (Lipinski definition) is 4. The highest BCUT2D eigenvalue weighted by Crippen LogP contribution is 2.24. The Morgan fingerprint density at radius 3 is 2.10 bits per heavy atom. The van der Waals surface area contributed by atoms with Crippen molar-refractivity contribution in [2.24, 2.45) is 0 Å². The Morgan fingerprint density at radius 1 is 0.967 bits per heavy atom. The Bertz CT molecular complexity index is 824. The fraction of sp³-hybridized carbons (Fsp3) is 0.417. The molecular formula is C24H32N2O4. The summed E-state index contributed by atoms with van der Waals surface area (Å²) >= 11 is 0. The molecule has 2 N–H and O–H groups in total. The number of rotatable bonds is 9. The summed E-state index contributed by atoms with van der Waals surface area (Å²) in [5.41, 5.74) is 2.18. The molecule has 2 rings (SSSR count). The molecule has 1 unspecified atom stereocenters. The van der Waals surface area contributed by atoms with Gasteiger partial charge in [0, 0.05) is 6.92 Å². The maximum atomic E-state index is 12.4. The molecule has 6 nitrogen and oxygen atoms in total. The summed E-state index contributed by atoms with van der Waals surface area (Å²) in [6.45, 7) is 8.69. The van der Waals surface area contributed by atoms with Gasteiger partial charge in [-0.05, 0) is 40.8 Å². The Hall–Kier alpha value is -3.02. The molecule has 2 aromatic rings. The second-order valence-corrected chi connectivity index (χ2v) is 8.20. The van der Waals surface area contributed by atoms with E-state index in [0.717, 1.165) is 17.1 Å². The molecule has 1 atom stereocenters. The van der Waals surface area contributed by atoms with E-state index in [9.17, 15) is 9.59 Å². The van der Waals surface area contributed by atoms with Gasteiger partial charge >= 0.3 is 0 Å². The standard InChI is InChI=1S/C24H32N2O4/c1-17(27)26-22(18-6-10-20(29-5)11-7-18)16-23(28)25-14-15-30-21-12-8-19(9-13-21)24(2,3)4/h6-13,22H,14-16H2,1-5H3,(H,25,28)(H,26,27). The van der Waals surface area contributed by atoms with Crippen LogP contribution in [0.3, 0.4) is 0 Å². The molecule has 2 aromatic carbocycles. The topological polar surface area (TPSA) is 76.7 Å². The van der Waals surface area contributed by atoms with Gasteiger partial charge in [-0.3, -0.25) is 9.59 Å². The minimum atomic E-state index is -0.403. The third-order valence-electron chi connectivity index (χ3n) is 4.70. The van der Waals surface area contributed by atoms with Crippen LogP contribution in [0.15, 0.2) is 48.5 Å². The van der Waals surface area contributed by atoms with Gasteiger partial charge in [0.25, 0.3) is 0 Å². The molecule has 162 valence electrons. The van der Waals surface area contributed by atoms with E-state index in [4.69, 9.17) is 9.47 Å². The van der Waals surface area contributed by atoms with E-state index < -0.39 is 6.04 Å². The maximum absolute atomic E-state index is 12.4. The van der Waals surface area contributed by atoms with Crippen molar-refractivity contribution in [3.05, 3.63) is 59.7 Å². The van der Waals surface area contributed by atoms with Crippen LogP contribution in [0.1, 0.15) is 51.3 Å². The van der Waals surface area contributed by atoms with Crippen LogP contribution in [0.5, 0.6) is 11.5 Å². The van der Waals surface area contributed by atoms with Crippen LogP contribution in [-0.4, -0.2) is 32.1 Å². The normalized spacial score (nSPS) is 12.0. The summed E-state index contributed by atoms with van der Waals surface area (Å²) in [5.74, 6) is 1.14. The Morgan fingerprint density at radius 2 is 1.57 bits per heavy atom. The highest BCUT2D eigenvalue weighted by molar-refractivity contribution is 5.79. The zero-order valence-corrected chi connectivity index (χ0v) is 18.5. The number of hydrogen-bond donors (Lipinski definition) is 2. The molecule has 0 bridgehead atoms. The zero-order chi connectivity index (χ0) is 22.1. The van der Waals surface area contributed by atoms with Gasteiger partial charge in [-0.15, -0.1) is 0 Å². The summed E-state index contributed by atoms with van der Waals surface area (Å²) < 4.78 is 10.9. The van der Waals surface area contributed by atoms with Crippen LogP contribution in [-0.2, 0) is 15.0 Å². The van der Waals surface area contributed by atoms with E-state index in [0.29, 0.717) is 13.2 Å². The second kappa shape index (κ2) is 10.7. The first-order valence-electron chi connectivity index (χ1n) is 10.1. The van der Waals surface area contributed by atoms with Crippen molar-refractivity contribution in [2.75, 3.05) is 20.3 Å². The third-order valence-corrected chi connectivity index (χ3v) is 4.70. The van der Waals surface area contributed by atoms with Crippen LogP contribution in [0, 0.1) is 0 Å². The second-order valence-electron chi connectivity index (χ2n) is 8.20. The predicted octanol–water partition coefficient (Wildman–Crippen LogP) is 3.76. The Kier molecular flexibility index (Phi) is 8.27. The molecule has 0 fully saturated rings. The number of carbonyl (C=O) groups excluding carboxylic acids is 2. The molecule has 0 heterocycles. The van der Waals surface area contributed by atoms with Gasteiger partial charge < -0.3 is 20.1 Å². The van der Waals surface area contributed by atoms with Gasteiger partial charge in [0.05, 0.1) is 26.1 Å². The molecule has 0 aliphatic heterocycles. The van der Waals surface area contributed by atoms with Gasteiger partial charge in [-0.2, -0.15) is 0 Å². The van der Waals surface area contributed by atoms with Crippen LogP contribution < -0.4 is 20.1 Å². The first kappa shape index (κ1) is 23.3. The van der Waals surface area contributed by atoms with Crippen LogP contribution in [0.25, 0.3) is 0 Å². The van der Waals surface area contributed by atoms with Gasteiger partial charge in [0.1, 0.15) is 18.1 Å². The molecule has 0 saturated heterocycles. The van der Waals surface area contributed by atoms with Crippen molar-refractivity contribution in [2.45, 2.75) is 45.6 Å². The van der Waals surface area contributed by atoms with Crippen LogP contribution in [0.4, 0.5) is 0 Å². The summed E-state index contributed by atoms with van der Waals surface area (Å²) in [6, 6.07) is 14.9. The first-order valence-corrected chi connectivity index (χ1v) is 10.1. The average molecular weight is 413 g/mol. The number of ether oxygens (including phenoxy) is 2. The fourth-order valence-electron chi connectivity index (χ4n) is 3.00. The van der Waals surface area contributed by atoms with Crippen molar-refractivity contribution >= 4 is 11.8 Å². The first-order chi connectivity index (χ1) is 14.2. The van der Waals surface area contributed by atoms with Crippen LogP contribution in [0.2, 0.25) is 0 Å². The molecule has 0 spiro atoms. The lowest BCUT2D eigenvalue weighted by Gasteiger charge is -2.19. The van der Waals surface area contributed by atoms with E-state index in [1.807, 2.05) is 24.3 Å². The smallest absolute Gasteiger partial charge is 0.222 e. The highest BCUT2D eigenvalue weighted by atomic mass is 16.5. The number of nitrogens with one attached hydrogen (secondary N) is 2. The summed E-state index contributed by atoms with van der Waals surface area (Å²) in [4.78, 5) is 23.9. The van der Waals surface area contributed by atoms with Gasteiger partial charge in [-0.25, -0.2) is 0 Å². The Labute approximate surface area is 179 Å². The molecule has 6 heteroatoms. The molecule has 0 aliphatic carbocycles. The summed E-state index contributed by atoms with van der Waals surface area (Å²) in [5, 5.41) is 5.67. The highest BCUT2D eigenvalue weighted by Gasteiger charge is 2.17. The van der Waals surface area contributed by atoms with Crippen molar-refractivity contribution < 1.29 is 19.1 Å². The van der Waals surface area contributed by atoms with Crippen molar-refractivity contribution in [3.63, 3.8) is 0 Å². The fourth-order valence-corrected chi connectivity index (χ4v) is 3.00. The Balaban J connectivity index is 1.82. The molecule has 0 saturated carbocycles. The van der Waals surface area contributed by atoms with Gasteiger partial charge in [0.2, 0.25) is 11.8 Å². The molecule has 0 aromatic heterocycles. The third kappa shape index (κ3) is 7.43. The minimum absolute atomic E-state index is 0.0981. The quantitative estimate of drug-likeness (QED) is 0.615. The van der Waals surface area contributed by atoms with E-state index >= 15 is 0 Å². The zero-order valence-electron chi connectivity index (χ0n) is 18.5. The van der Waals surface area contributed by atoms with Crippen LogP contribution >= 0.6 is 0 Å². The molecule has 0 aliphatic rings. The van der Waals surface area contributed by atoms with E-state index in [1.165, 1.54) is 12.5 Å². The minimum Gasteiger partial charge on any atom is -0.497 e. The number of amides is 2. The number of carbonyl (C=O) groups is 2. The van der Waals surface area contributed by atoms with Crippen molar-refractivity contribution in [1.82, 2.24) is 10.6 Å². The summed E-state index contributed by atoms with van der Waals surface area (Å²) in [7, 11) is 1.59. The molecule has 30 heavy (non-hydrogen) atoms. The van der Waals surface area contributed by atoms with Gasteiger partial charge in [0.15, 0.2) is 0 Å². The lowest BCUT2D eigenvalue weighted by Crippen LogP contribution is -2.34. The molecule has 2 amide bonds. The number of benzene rings is 2. The largest absolute Gasteiger partial charge is 0.497 e. The van der Waals surface area contributed by atoms with Crippen molar-refractivity contribution in [1.29, 1.82) is 0 Å². The number of methoxy groups -OCH3 is 1. The van der Waals surface area contributed by atoms with Gasteiger partial charge in [-0.1, -0.05) is 45.0 Å². The average Bonchev–Trinajstić information content (AvgIpc) is 2.70. The lowest BCUT2D eigenvalue weighted by atomic mass is 9.87. The van der Waals surface area contributed by atoms with E-state index in [1.54, 1.807) is 19.2 Å².